The molecule has 1 unspecified atom stereocenters. The van der Waals surface area contributed by atoms with E-state index in [1.54, 1.807) is 0 Å². The zero-order valence-electron chi connectivity index (χ0n) is 12.7. The van der Waals surface area contributed by atoms with Gasteiger partial charge in [0.15, 0.2) is 0 Å². The molecule has 0 aromatic heterocycles. The first-order valence-electron chi connectivity index (χ1n) is 6.48. The van der Waals surface area contributed by atoms with Gasteiger partial charge in [-0.25, -0.2) is 12.7 Å². The summed E-state index contributed by atoms with van der Waals surface area (Å²) in [6, 6.07) is 4.05. The largest absolute Gasteiger partial charge is 0.314 e. The molecule has 0 fully saturated rings. The van der Waals surface area contributed by atoms with Crippen LogP contribution in [0.5, 0.6) is 0 Å². The highest BCUT2D eigenvalue weighted by Gasteiger charge is 2.49. The van der Waals surface area contributed by atoms with Crippen molar-refractivity contribution in [2.24, 2.45) is 0 Å². The van der Waals surface area contributed by atoms with Gasteiger partial charge in [-0.05, 0) is 18.6 Å². The number of sulfonamides is 1. The summed E-state index contributed by atoms with van der Waals surface area (Å²) < 4.78 is 25.4. The highest BCUT2D eigenvalue weighted by Crippen LogP contribution is 2.43. The van der Waals surface area contributed by atoms with Gasteiger partial charge < -0.3 is 4.90 Å². The van der Waals surface area contributed by atoms with Gasteiger partial charge >= 0.3 is 0 Å². The monoisotopic (exact) mass is 327 g/mol. The maximum absolute atomic E-state index is 12.5. The molecule has 0 N–H and O–H groups in total. The highest BCUT2D eigenvalue weighted by atomic mass is 32.2. The molecule has 1 heterocycles. The van der Waals surface area contributed by atoms with Crippen molar-refractivity contribution in [1.82, 2.24) is 4.31 Å². The van der Waals surface area contributed by atoms with Crippen LogP contribution in [0.2, 0.25) is 0 Å². The molecule has 8 nitrogen and oxygen atoms in total. The van der Waals surface area contributed by atoms with Crippen LogP contribution < -0.4 is 4.90 Å². The Morgan fingerprint density at radius 3 is 2.45 bits per heavy atom. The molecule has 0 spiro atoms. The number of nitro benzene ring substituents is 1. The Hall–Kier alpha value is -2.00. The van der Waals surface area contributed by atoms with Gasteiger partial charge in [-0.2, -0.15) is 0 Å². The number of anilines is 1. The first-order chi connectivity index (χ1) is 10.0. The van der Waals surface area contributed by atoms with Crippen molar-refractivity contribution >= 4 is 27.3 Å². The van der Waals surface area contributed by atoms with Gasteiger partial charge in [0, 0.05) is 39.0 Å². The lowest BCUT2D eigenvalue weighted by molar-refractivity contribution is -0.384. The fraction of sp³-hybridized carbons (Fsp3) is 0.462. The minimum absolute atomic E-state index is 0.171. The third kappa shape index (κ3) is 2.35. The molecule has 1 aromatic carbocycles. The van der Waals surface area contributed by atoms with Crippen LogP contribution in [0, 0.1) is 10.1 Å². The molecule has 1 aliphatic heterocycles. The highest BCUT2D eigenvalue weighted by molar-refractivity contribution is 7.89. The Balaban J connectivity index is 2.62. The number of carbonyl (C=O) groups is 1. The van der Waals surface area contributed by atoms with Crippen LogP contribution in [-0.2, 0) is 20.2 Å². The van der Waals surface area contributed by atoms with E-state index < -0.39 is 32.0 Å². The number of amides is 1. The molecule has 22 heavy (non-hydrogen) atoms. The zero-order chi connectivity index (χ0) is 16.9. The summed E-state index contributed by atoms with van der Waals surface area (Å²) in [6.07, 6.45) is 0. The van der Waals surface area contributed by atoms with Gasteiger partial charge in [0.1, 0.15) is 0 Å². The number of non-ortho nitro benzene ring substituents is 1. The molecule has 0 saturated heterocycles. The summed E-state index contributed by atoms with van der Waals surface area (Å²) >= 11 is 0. The number of benzene rings is 1. The normalized spacial score (nSPS) is 21.3. The molecule has 0 bridgehead atoms. The van der Waals surface area contributed by atoms with Crippen LogP contribution >= 0.6 is 0 Å². The van der Waals surface area contributed by atoms with Crippen LogP contribution in [0.15, 0.2) is 18.2 Å². The summed E-state index contributed by atoms with van der Waals surface area (Å²) in [6.45, 7) is 1.50. The molecule has 1 amide bonds. The van der Waals surface area contributed by atoms with Crippen molar-refractivity contribution in [3.8, 4) is 0 Å². The van der Waals surface area contributed by atoms with Crippen LogP contribution in [0.3, 0.4) is 0 Å². The second kappa shape index (κ2) is 5.03. The van der Waals surface area contributed by atoms with E-state index in [4.69, 9.17) is 0 Å². The van der Waals surface area contributed by atoms with Gasteiger partial charge in [-0.15, -0.1) is 0 Å². The van der Waals surface area contributed by atoms with Crippen molar-refractivity contribution in [3.05, 3.63) is 33.9 Å². The van der Waals surface area contributed by atoms with Crippen molar-refractivity contribution in [2.75, 3.05) is 31.8 Å². The van der Waals surface area contributed by atoms with Gasteiger partial charge in [-0.3, -0.25) is 14.9 Å². The molecule has 9 heteroatoms. The van der Waals surface area contributed by atoms with E-state index in [-0.39, 0.29) is 5.69 Å². The number of rotatable bonds is 4. The molecule has 1 aromatic rings. The predicted molar refractivity (Wildman–Crippen MR) is 81.3 cm³/mol. The SMILES string of the molecule is CN1C(=O)C(C)(CS(=O)(=O)N(C)C)c2cc([N+](=O)[O-])ccc21. The molecule has 2 rings (SSSR count). The Kier molecular flexibility index (Phi) is 3.74. The zero-order valence-corrected chi connectivity index (χ0v) is 13.5. The minimum atomic E-state index is -3.66. The summed E-state index contributed by atoms with van der Waals surface area (Å²) in [5, 5.41) is 10.9. The maximum atomic E-state index is 12.5. The van der Waals surface area contributed by atoms with E-state index in [0.29, 0.717) is 11.3 Å². The molecular formula is C13H17N3O5S. The smallest absolute Gasteiger partial charge is 0.269 e. The Labute approximate surface area is 128 Å². The lowest BCUT2D eigenvalue weighted by atomic mass is 9.85. The number of carbonyl (C=O) groups excluding carboxylic acids is 1. The van der Waals surface area contributed by atoms with Gasteiger partial charge in [-0.1, -0.05) is 0 Å². The van der Waals surface area contributed by atoms with Gasteiger partial charge in [0.2, 0.25) is 15.9 Å². The van der Waals surface area contributed by atoms with Crippen molar-refractivity contribution in [2.45, 2.75) is 12.3 Å². The topological polar surface area (TPSA) is 101 Å². The number of nitro groups is 1. The second-order valence-corrected chi connectivity index (χ2v) is 7.88. The minimum Gasteiger partial charge on any atom is -0.314 e. The van der Waals surface area contributed by atoms with Crippen LogP contribution in [0.4, 0.5) is 11.4 Å². The fourth-order valence-corrected chi connectivity index (χ4v) is 3.87. The first kappa shape index (κ1) is 16.4. The van der Waals surface area contributed by atoms with E-state index in [9.17, 15) is 23.3 Å². The van der Waals surface area contributed by atoms with E-state index in [2.05, 4.69) is 0 Å². The Morgan fingerprint density at radius 2 is 1.95 bits per heavy atom. The lowest BCUT2D eigenvalue weighted by Crippen LogP contribution is -2.44. The average Bonchev–Trinajstić information content (AvgIpc) is 2.60. The summed E-state index contributed by atoms with van der Waals surface area (Å²) in [5.74, 6) is -0.835. The average molecular weight is 327 g/mol. The second-order valence-electron chi connectivity index (χ2n) is 5.69. The number of likely N-dealkylation sites (N-methyl/N-ethyl adjacent to an activating group) is 1. The molecule has 0 radical (unpaired) electrons. The fourth-order valence-electron chi connectivity index (χ4n) is 2.60. The summed E-state index contributed by atoms with van der Waals surface area (Å²) in [5.41, 5.74) is -0.666. The quantitative estimate of drug-likeness (QED) is 0.599. The summed E-state index contributed by atoms with van der Waals surface area (Å²) in [7, 11) is 0.642. The van der Waals surface area contributed by atoms with Gasteiger partial charge in [0.05, 0.1) is 16.1 Å². The molecule has 1 atom stereocenters. The van der Waals surface area contributed by atoms with Crippen molar-refractivity contribution < 1.29 is 18.1 Å². The number of nitrogens with zero attached hydrogens (tertiary/aromatic N) is 3. The van der Waals surface area contributed by atoms with E-state index in [1.807, 2.05) is 0 Å². The van der Waals surface area contributed by atoms with Crippen molar-refractivity contribution in [3.63, 3.8) is 0 Å². The Bertz CT molecular complexity index is 759. The molecule has 1 aliphatic rings. The van der Waals surface area contributed by atoms with E-state index in [1.165, 1.54) is 51.2 Å². The number of hydrogen-bond donors (Lipinski definition) is 0. The first-order valence-corrected chi connectivity index (χ1v) is 8.09. The van der Waals surface area contributed by atoms with E-state index >= 15 is 0 Å². The summed E-state index contributed by atoms with van der Waals surface area (Å²) in [4.78, 5) is 24.3. The predicted octanol–water partition coefficient (Wildman–Crippen LogP) is 0.720. The van der Waals surface area contributed by atoms with Crippen molar-refractivity contribution in [1.29, 1.82) is 0 Å². The lowest BCUT2D eigenvalue weighted by Gasteiger charge is -2.24. The molecule has 0 saturated carbocycles. The van der Waals surface area contributed by atoms with E-state index in [0.717, 1.165) is 4.31 Å². The number of hydrogen-bond acceptors (Lipinski definition) is 5. The maximum Gasteiger partial charge on any atom is 0.269 e. The molecule has 0 aliphatic carbocycles. The number of fused-ring (bicyclic) bond motifs is 1. The van der Waals surface area contributed by atoms with Gasteiger partial charge in [0.25, 0.3) is 5.69 Å². The molecule has 120 valence electrons. The Morgan fingerprint density at radius 1 is 1.36 bits per heavy atom. The molecular weight excluding hydrogens is 310 g/mol. The van der Waals surface area contributed by atoms with Crippen LogP contribution in [0.1, 0.15) is 12.5 Å². The van der Waals surface area contributed by atoms with Crippen LogP contribution in [-0.4, -0.2) is 50.4 Å². The van der Waals surface area contributed by atoms with Crippen LogP contribution in [0.25, 0.3) is 0 Å². The standard InChI is InChI=1S/C13H17N3O5S/c1-13(8-22(20,21)14(2)3)10-7-9(16(18)19)5-6-11(10)15(4)12(13)17/h5-7H,8H2,1-4H3. The third-order valence-corrected chi connectivity index (χ3v) is 6.01. The third-order valence-electron chi connectivity index (χ3n) is 3.95.